The molecule has 0 spiro atoms. The lowest BCUT2D eigenvalue weighted by atomic mass is 9.71. The van der Waals surface area contributed by atoms with Gasteiger partial charge in [0.25, 0.3) is 0 Å². The summed E-state index contributed by atoms with van der Waals surface area (Å²) in [7, 11) is 0. The zero-order chi connectivity index (χ0) is 20.6. The van der Waals surface area contributed by atoms with Crippen LogP contribution in [0.2, 0.25) is 0 Å². The second-order valence-corrected chi connectivity index (χ2v) is 8.88. The summed E-state index contributed by atoms with van der Waals surface area (Å²) in [5.74, 6) is -4.80. The van der Waals surface area contributed by atoms with E-state index in [0.717, 1.165) is 25.4 Å². The summed E-state index contributed by atoms with van der Waals surface area (Å²) in [5, 5.41) is 0. The molecule has 1 heterocycles. The number of hydrogen-bond donors (Lipinski definition) is 0. The number of alkyl halides is 2. The van der Waals surface area contributed by atoms with Crippen LogP contribution in [0.1, 0.15) is 57.8 Å². The molecule has 3 fully saturated rings. The molecule has 0 aromatic heterocycles. The molecule has 1 aliphatic heterocycles. The quantitative estimate of drug-likeness (QED) is 0.403. The minimum absolute atomic E-state index is 0.141. The standard InChI is InChI=1S/C22H27F5O2/c23-18-10-17(11-19(24)21(18)25)29-22(26,27)16-7-4-14(5-8-16)20-9-6-15(12-28-20)13-2-1-3-13/h10-11,13-16,20H,1-9,12H2. The Morgan fingerprint density at radius 3 is 1.93 bits per heavy atom. The van der Waals surface area contributed by atoms with Crippen molar-refractivity contribution in [3.05, 3.63) is 29.6 Å². The molecular formula is C22H27F5O2. The average molecular weight is 418 g/mol. The summed E-state index contributed by atoms with van der Waals surface area (Å²) in [5.41, 5.74) is 0. The molecule has 0 N–H and O–H groups in total. The van der Waals surface area contributed by atoms with Crippen molar-refractivity contribution in [1.29, 1.82) is 0 Å². The number of rotatable bonds is 5. The molecule has 3 aliphatic rings. The van der Waals surface area contributed by atoms with E-state index >= 15 is 0 Å². The van der Waals surface area contributed by atoms with Gasteiger partial charge < -0.3 is 9.47 Å². The Morgan fingerprint density at radius 1 is 0.793 bits per heavy atom. The van der Waals surface area contributed by atoms with Gasteiger partial charge in [-0.25, -0.2) is 13.2 Å². The van der Waals surface area contributed by atoms with Gasteiger partial charge in [-0.15, -0.1) is 0 Å². The molecule has 0 radical (unpaired) electrons. The van der Waals surface area contributed by atoms with E-state index in [-0.39, 0.29) is 24.9 Å². The summed E-state index contributed by atoms with van der Waals surface area (Å²) in [6.45, 7) is 0.788. The molecule has 2 aliphatic carbocycles. The van der Waals surface area contributed by atoms with Crippen LogP contribution < -0.4 is 4.74 Å². The maximum absolute atomic E-state index is 14.5. The van der Waals surface area contributed by atoms with Gasteiger partial charge in [-0.1, -0.05) is 19.3 Å². The predicted molar refractivity (Wildman–Crippen MR) is 97.1 cm³/mol. The Hall–Kier alpha value is -1.37. The van der Waals surface area contributed by atoms with Gasteiger partial charge in [-0.3, -0.25) is 0 Å². The van der Waals surface area contributed by atoms with Crippen LogP contribution in [0, 0.1) is 41.1 Å². The summed E-state index contributed by atoms with van der Waals surface area (Å²) in [6, 6.07) is 0.901. The van der Waals surface area contributed by atoms with E-state index in [1.165, 1.54) is 19.3 Å². The molecule has 2 nitrogen and oxygen atoms in total. The van der Waals surface area contributed by atoms with Crippen LogP contribution in [0.15, 0.2) is 12.1 Å². The van der Waals surface area contributed by atoms with E-state index in [4.69, 9.17) is 4.74 Å². The lowest BCUT2D eigenvalue weighted by Gasteiger charge is -2.42. The number of benzene rings is 1. The van der Waals surface area contributed by atoms with Gasteiger partial charge in [-0.2, -0.15) is 8.78 Å². The van der Waals surface area contributed by atoms with E-state index < -0.39 is 35.2 Å². The largest absolute Gasteiger partial charge is 0.432 e. The summed E-state index contributed by atoms with van der Waals surface area (Å²) >= 11 is 0. The first-order chi connectivity index (χ1) is 13.8. The molecule has 1 aromatic carbocycles. The van der Waals surface area contributed by atoms with Crippen molar-refractivity contribution in [2.45, 2.75) is 70.0 Å². The predicted octanol–water partition coefficient (Wildman–Crippen LogP) is 6.48. The summed E-state index contributed by atoms with van der Waals surface area (Å²) in [4.78, 5) is 0. The van der Waals surface area contributed by atoms with Crippen molar-refractivity contribution in [3.63, 3.8) is 0 Å². The summed E-state index contributed by atoms with van der Waals surface area (Å²) in [6.07, 6.45) is 4.43. The van der Waals surface area contributed by atoms with Crippen molar-refractivity contribution in [3.8, 4) is 5.75 Å². The third-order valence-corrected chi connectivity index (χ3v) is 7.15. The molecule has 4 rings (SSSR count). The smallest absolute Gasteiger partial charge is 0.400 e. The molecule has 2 atom stereocenters. The lowest BCUT2D eigenvalue weighted by molar-refractivity contribution is -0.226. The summed E-state index contributed by atoms with van der Waals surface area (Å²) < 4.78 is 79.3. The molecule has 0 bridgehead atoms. The molecule has 2 unspecified atom stereocenters. The highest BCUT2D eigenvalue weighted by Gasteiger charge is 2.45. The number of ether oxygens (including phenoxy) is 2. The molecule has 0 amide bonds. The third kappa shape index (κ3) is 4.54. The molecule has 7 heteroatoms. The first-order valence-corrected chi connectivity index (χ1v) is 10.7. The zero-order valence-electron chi connectivity index (χ0n) is 16.3. The first kappa shape index (κ1) is 20.9. The topological polar surface area (TPSA) is 18.5 Å². The fourth-order valence-electron chi connectivity index (χ4n) is 5.11. The van der Waals surface area contributed by atoms with Gasteiger partial charge in [0.2, 0.25) is 0 Å². The molecular weight excluding hydrogens is 391 g/mol. The Balaban J connectivity index is 1.28. The van der Waals surface area contributed by atoms with Crippen LogP contribution in [-0.2, 0) is 4.74 Å². The highest BCUT2D eigenvalue weighted by Crippen LogP contribution is 2.44. The van der Waals surface area contributed by atoms with E-state index in [1.54, 1.807) is 0 Å². The van der Waals surface area contributed by atoms with Crippen LogP contribution in [-0.4, -0.2) is 18.8 Å². The average Bonchev–Trinajstić information content (AvgIpc) is 2.65. The second-order valence-electron chi connectivity index (χ2n) is 8.88. The molecule has 2 saturated carbocycles. The maximum Gasteiger partial charge on any atom is 0.400 e. The first-order valence-electron chi connectivity index (χ1n) is 10.7. The van der Waals surface area contributed by atoms with Gasteiger partial charge >= 0.3 is 6.11 Å². The zero-order valence-corrected chi connectivity index (χ0v) is 16.3. The van der Waals surface area contributed by atoms with Crippen molar-refractivity contribution < 1.29 is 31.4 Å². The molecule has 1 saturated heterocycles. The highest BCUT2D eigenvalue weighted by molar-refractivity contribution is 5.25. The van der Waals surface area contributed by atoms with Crippen LogP contribution in [0.5, 0.6) is 5.75 Å². The van der Waals surface area contributed by atoms with E-state index in [1.807, 2.05) is 0 Å². The molecule has 162 valence electrons. The van der Waals surface area contributed by atoms with E-state index in [2.05, 4.69) is 4.74 Å². The van der Waals surface area contributed by atoms with E-state index in [0.29, 0.717) is 30.9 Å². The van der Waals surface area contributed by atoms with Gasteiger partial charge in [0.05, 0.1) is 18.6 Å². The monoisotopic (exact) mass is 418 g/mol. The van der Waals surface area contributed by atoms with Crippen molar-refractivity contribution in [2.24, 2.45) is 23.7 Å². The third-order valence-electron chi connectivity index (χ3n) is 7.15. The Kier molecular flexibility index (Phi) is 6.05. The van der Waals surface area contributed by atoms with Crippen LogP contribution >= 0.6 is 0 Å². The van der Waals surface area contributed by atoms with Gasteiger partial charge in [0.15, 0.2) is 17.5 Å². The Labute approximate surface area is 167 Å². The van der Waals surface area contributed by atoms with Crippen LogP contribution in [0.25, 0.3) is 0 Å². The minimum Gasteiger partial charge on any atom is -0.432 e. The molecule has 29 heavy (non-hydrogen) atoms. The van der Waals surface area contributed by atoms with Crippen molar-refractivity contribution in [2.75, 3.05) is 6.61 Å². The van der Waals surface area contributed by atoms with Gasteiger partial charge in [0, 0.05) is 12.1 Å². The second kappa shape index (κ2) is 8.40. The number of hydrogen-bond acceptors (Lipinski definition) is 2. The van der Waals surface area contributed by atoms with Crippen molar-refractivity contribution in [1.82, 2.24) is 0 Å². The maximum atomic E-state index is 14.5. The SMILES string of the molecule is Fc1cc(OC(F)(F)C2CCC(C3CCC(C4CCC4)CO3)CC2)cc(F)c1F. The van der Waals surface area contributed by atoms with E-state index in [9.17, 15) is 22.0 Å². The lowest BCUT2D eigenvalue weighted by Crippen LogP contribution is -2.41. The number of halogens is 5. The van der Waals surface area contributed by atoms with Crippen molar-refractivity contribution >= 4 is 0 Å². The normalized spacial score (nSPS) is 31.3. The minimum atomic E-state index is -3.57. The molecule has 1 aromatic rings. The fraction of sp³-hybridized carbons (Fsp3) is 0.727. The Bertz CT molecular complexity index is 682. The van der Waals surface area contributed by atoms with Crippen LogP contribution in [0.4, 0.5) is 22.0 Å². The van der Waals surface area contributed by atoms with Crippen LogP contribution in [0.3, 0.4) is 0 Å². The Morgan fingerprint density at radius 2 is 1.41 bits per heavy atom. The van der Waals surface area contributed by atoms with Gasteiger partial charge in [0.1, 0.15) is 5.75 Å². The highest BCUT2D eigenvalue weighted by atomic mass is 19.3. The van der Waals surface area contributed by atoms with Gasteiger partial charge in [-0.05, 0) is 56.3 Å². The fourth-order valence-corrected chi connectivity index (χ4v) is 5.11.